The summed E-state index contributed by atoms with van der Waals surface area (Å²) < 4.78 is 0. The molecule has 0 radical (unpaired) electrons. The minimum absolute atomic E-state index is 0.398. The Kier molecular flexibility index (Phi) is 10.7. The number of unbranched alkanes of at least 4 members (excludes halogenated alkanes) is 3. The summed E-state index contributed by atoms with van der Waals surface area (Å²) in [5.74, 6) is 2.35. The molecule has 2 nitrogen and oxygen atoms in total. The first kappa shape index (κ1) is 16.0. The van der Waals surface area contributed by atoms with Crippen LogP contribution in [0.15, 0.2) is 24.3 Å². The highest BCUT2D eigenvalue weighted by Gasteiger charge is 2.12. The van der Waals surface area contributed by atoms with Crippen LogP contribution in [0.5, 0.6) is 0 Å². The van der Waals surface area contributed by atoms with E-state index in [-0.39, 0.29) is 0 Å². The van der Waals surface area contributed by atoms with Crippen molar-refractivity contribution < 1.29 is 10.2 Å². The fourth-order valence-corrected chi connectivity index (χ4v) is 1.46. The van der Waals surface area contributed by atoms with E-state index < -0.39 is 12.2 Å². The van der Waals surface area contributed by atoms with Crippen LogP contribution < -0.4 is 0 Å². The maximum Gasteiger partial charge on any atom is 0.0836 e. The van der Waals surface area contributed by atoms with Gasteiger partial charge in [-0.3, -0.25) is 0 Å². The molecular formula is C15H24O2. The van der Waals surface area contributed by atoms with Gasteiger partial charge >= 0.3 is 0 Å². The molecule has 0 aromatic heterocycles. The van der Waals surface area contributed by atoms with E-state index in [2.05, 4.69) is 18.9 Å². The molecule has 2 N–H and O–H groups in total. The molecule has 0 aliphatic heterocycles. The van der Waals surface area contributed by atoms with Crippen molar-refractivity contribution in [3.05, 3.63) is 24.3 Å². The summed E-state index contributed by atoms with van der Waals surface area (Å²) in [6, 6.07) is 0. The van der Waals surface area contributed by atoms with Crippen molar-refractivity contribution in [2.45, 2.75) is 57.7 Å². The predicted octanol–water partition coefficient (Wildman–Crippen LogP) is 2.81. The molecule has 0 aromatic rings. The smallest absolute Gasteiger partial charge is 0.0836 e. The third kappa shape index (κ3) is 9.86. The van der Waals surface area contributed by atoms with Gasteiger partial charge in [-0.25, -0.2) is 0 Å². The van der Waals surface area contributed by atoms with Gasteiger partial charge < -0.3 is 10.2 Å². The molecule has 0 saturated heterocycles. The summed E-state index contributed by atoms with van der Waals surface area (Å²) in [6.45, 7) is 2.17. The number of aliphatic hydroxyl groups is 2. The van der Waals surface area contributed by atoms with E-state index in [1.54, 1.807) is 6.08 Å². The maximum atomic E-state index is 9.63. The first-order chi connectivity index (χ1) is 8.22. The van der Waals surface area contributed by atoms with Crippen LogP contribution in [0.4, 0.5) is 0 Å². The number of hydrogen-bond acceptors (Lipinski definition) is 2. The van der Waals surface area contributed by atoms with Crippen LogP contribution in [-0.4, -0.2) is 22.4 Å². The summed E-state index contributed by atoms with van der Waals surface area (Å²) in [6.07, 6.45) is 16.4. The third-order valence-electron chi connectivity index (χ3n) is 2.55. The summed E-state index contributed by atoms with van der Waals surface area (Å²) in [5, 5.41) is 19.2. The first-order valence-corrected chi connectivity index (χ1v) is 6.34. The lowest BCUT2D eigenvalue weighted by molar-refractivity contribution is 0.0238. The molecule has 0 heterocycles. The van der Waals surface area contributed by atoms with Gasteiger partial charge in [0.1, 0.15) is 0 Å². The molecular weight excluding hydrogens is 212 g/mol. The molecule has 2 atom stereocenters. The highest BCUT2D eigenvalue weighted by atomic mass is 16.3. The lowest BCUT2D eigenvalue weighted by Crippen LogP contribution is -2.24. The molecule has 0 fully saturated rings. The van der Waals surface area contributed by atoms with Crippen LogP contribution in [0.25, 0.3) is 0 Å². The molecule has 17 heavy (non-hydrogen) atoms. The van der Waals surface area contributed by atoms with Gasteiger partial charge in [-0.1, -0.05) is 43.9 Å². The van der Waals surface area contributed by atoms with Gasteiger partial charge in [-0.2, -0.15) is 0 Å². The van der Waals surface area contributed by atoms with E-state index in [4.69, 9.17) is 6.42 Å². The molecule has 0 aromatic carbocycles. The van der Waals surface area contributed by atoms with Crippen LogP contribution in [0, 0.1) is 12.3 Å². The van der Waals surface area contributed by atoms with Crippen molar-refractivity contribution >= 4 is 0 Å². The monoisotopic (exact) mass is 236 g/mol. The van der Waals surface area contributed by atoms with Gasteiger partial charge in [0, 0.05) is 0 Å². The van der Waals surface area contributed by atoms with Crippen molar-refractivity contribution in [1.29, 1.82) is 0 Å². The molecule has 0 amide bonds. The Labute approximate surface area is 105 Å². The van der Waals surface area contributed by atoms with Crippen LogP contribution in [0.2, 0.25) is 0 Å². The Hall–Kier alpha value is -1.04. The Morgan fingerprint density at radius 2 is 1.71 bits per heavy atom. The van der Waals surface area contributed by atoms with E-state index in [0.717, 1.165) is 6.42 Å². The maximum absolute atomic E-state index is 9.63. The van der Waals surface area contributed by atoms with E-state index in [1.807, 2.05) is 6.08 Å². The minimum Gasteiger partial charge on any atom is -0.390 e. The Morgan fingerprint density at radius 1 is 1.06 bits per heavy atom. The van der Waals surface area contributed by atoms with Crippen LogP contribution in [0.1, 0.15) is 45.4 Å². The number of aliphatic hydroxyl groups excluding tert-OH is 2. The quantitative estimate of drug-likeness (QED) is 0.367. The molecule has 96 valence electrons. The normalized spacial score (nSPS) is 15.2. The Morgan fingerprint density at radius 3 is 2.29 bits per heavy atom. The molecule has 0 bridgehead atoms. The van der Waals surface area contributed by atoms with Gasteiger partial charge in [-0.05, 0) is 31.8 Å². The summed E-state index contributed by atoms with van der Waals surface area (Å²) in [4.78, 5) is 0. The average Bonchev–Trinajstić information content (AvgIpc) is 2.33. The average molecular weight is 236 g/mol. The highest BCUT2D eigenvalue weighted by Crippen LogP contribution is 2.06. The highest BCUT2D eigenvalue weighted by molar-refractivity contribution is 5.09. The molecule has 2 heteroatoms. The lowest BCUT2D eigenvalue weighted by Gasteiger charge is -2.14. The van der Waals surface area contributed by atoms with Crippen LogP contribution in [0.3, 0.4) is 0 Å². The van der Waals surface area contributed by atoms with Gasteiger partial charge in [0.25, 0.3) is 0 Å². The summed E-state index contributed by atoms with van der Waals surface area (Å²) in [5.41, 5.74) is 0. The summed E-state index contributed by atoms with van der Waals surface area (Å²) >= 11 is 0. The number of terminal acetylenes is 1. The van der Waals surface area contributed by atoms with E-state index in [1.165, 1.54) is 25.3 Å². The topological polar surface area (TPSA) is 40.5 Å². The second-order valence-electron chi connectivity index (χ2n) is 4.14. The summed E-state index contributed by atoms with van der Waals surface area (Å²) in [7, 11) is 0. The van der Waals surface area contributed by atoms with Crippen molar-refractivity contribution in [1.82, 2.24) is 0 Å². The first-order valence-electron chi connectivity index (χ1n) is 6.34. The van der Waals surface area contributed by atoms with E-state index in [9.17, 15) is 10.2 Å². The minimum atomic E-state index is -0.736. The second kappa shape index (κ2) is 11.4. The SMILES string of the molecule is C#C/C=C\CC(O)C(O)C/C=C\CCCCC. The Bertz CT molecular complexity index is 261. The van der Waals surface area contributed by atoms with E-state index in [0.29, 0.717) is 12.8 Å². The zero-order chi connectivity index (χ0) is 12.9. The fraction of sp³-hybridized carbons (Fsp3) is 0.600. The Balaban J connectivity index is 3.66. The van der Waals surface area contributed by atoms with Crippen molar-refractivity contribution in [3.63, 3.8) is 0 Å². The second-order valence-corrected chi connectivity index (χ2v) is 4.14. The van der Waals surface area contributed by atoms with E-state index >= 15 is 0 Å². The van der Waals surface area contributed by atoms with Gasteiger partial charge in [0.05, 0.1) is 12.2 Å². The molecule has 0 spiro atoms. The number of allylic oxidation sites excluding steroid dienone is 2. The number of hydrogen-bond donors (Lipinski definition) is 2. The molecule has 0 saturated carbocycles. The van der Waals surface area contributed by atoms with Crippen molar-refractivity contribution in [2.24, 2.45) is 0 Å². The standard InChI is InChI=1S/C15H24O2/c1-3-5-7-8-9-11-13-15(17)14(16)12-10-6-4-2/h2,6,9-11,14-17H,3,5,7-8,12-13H2,1H3/b10-6-,11-9-. The van der Waals surface area contributed by atoms with Gasteiger partial charge in [0.2, 0.25) is 0 Å². The zero-order valence-corrected chi connectivity index (χ0v) is 10.7. The third-order valence-corrected chi connectivity index (χ3v) is 2.55. The molecule has 0 aliphatic carbocycles. The van der Waals surface area contributed by atoms with Crippen molar-refractivity contribution in [3.8, 4) is 12.3 Å². The lowest BCUT2D eigenvalue weighted by atomic mass is 10.1. The van der Waals surface area contributed by atoms with Crippen molar-refractivity contribution in [2.75, 3.05) is 0 Å². The van der Waals surface area contributed by atoms with Gasteiger partial charge in [0.15, 0.2) is 0 Å². The van der Waals surface area contributed by atoms with Crippen LogP contribution >= 0.6 is 0 Å². The predicted molar refractivity (Wildman–Crippen MR) is 72.5 cm³/mol. The van der Waals surface area contributed by atoms with Crippen LogP contribution in [-0.2, 0) is 0 Å². The number of rotatable bonds is 9. The fourth-order valence-electron chi connectivity index (χ4n) is 1.46. The molecule has 0 rings (SSSR count). The molecule has 2 unspecified atom stereocenters. The largest absolute Gasteiger partial charge is 0.390 e. The van der Waals surface area contributed by atoms with Gasteiger partial charge in [-0.15, -0.1) is 6.42 Å². The molecule has 0 aliphatic rings. The zero-order valence-electron chi connectivity index (χ0n) is 10.7.